The van der Waals surface area contributed by atoms with Gasteiger partial charge in [-0.05, 0) is 73.8 Å². The molecule has 0 radical (unpaired) electrons. The molecule has 2 nitrogen and oxygen atoms in total. The normalized spacial score (nSPS) is 13.3. The maximum atomic E-state index is 4.54. The van der Waals surface area contributed by atoms with Gasteiger partial charge >= 0.3 is 0 Å². The van der Waals surface area contributed by atoms with Gasteiger partial charge in [0, 0.05) is 11.1 Å². The molecule has 2 heteroatoms. The lowest BCUT2D eigenvalue weighted by Gasteiger charge is -2.30. The maximum Gasteiger partial charge on any atom is 0.0930 e. The average Bonchev–Trinajstić information content (AvgIpc) is 3.56. The highest BCUT2D eigenvalue weighted by Gasteiger charge is 2.51. The van der Waals surface area contributed by atoms with Crippen molar-refractivity contribution in [3.63, 3.8) is 0 Å². The average molecular weight is 547 g/mol. The van der Waals surface area contributed by atoms with Crippen molar-refractivity contribution in [2.24, 2.45) is 0 Å². The first-order chi connectivity index (χ1) is 21.3. The van der Waals surface area contributed by atoms with E-state index < -0.39 is 0 Å². The summed E-state index contributed by atoms with van der Waals surface area (Å²) < 4.78 is 0. The molecule has 6 aromatic carbocycles. The van der Waals surface area contributed by atoms with Crippen LogP contribution in [-0.4, -0.2) is 10.2 Å². The fourth-order valence-corrected chi connectivity index (χ4v) is 7.36. The van der Waals surface area contributed by atoms with Crippen LogP contribution in [0.15, 0.2) is 158 Å². The van der Waals surface area contributed by atoms with Gasteiger partial charge < -0.3 is 0 Å². The standard InChI is InChI=1S/C41H26N2/c1-2-10-28(11-3-1)39-24-25-40(43-42-39)29-20-18-27(19-21-29)30-22-23-34-33-14-6-9-17-37(33)41(38(34)26-30)35-15-7-4-12-31(35)32-13-5-8-16-36(32)41/h1-26H. The zero-order valence-electron chi connectivity index (χ0n) is 23.4. The molecule has 0 atom stereocenters. The van der Waals surface area contributed by atoms with E-state index in [1.807, 2.05) is 24.3 Å². The Balaban J connectivity index is 1.15. The first kappa shape index (κ1) is 24.0. The third kappa shape index (κ3) is 3.41. The summed E-state index contributed by atoms with van der Waals surface area (Å²) in [5, 5.41) is 9.03. The van der Waals surface area contributed by atoms with Crippen molar-refractivity contribution in [3.05, 3.63) is 180 Å². The molecule has 0 bridgehead atoms. The summed E-state index contributed by atoms with van der Waals surface area (Å²) in [6.07, 6.45) is 0. The first-order valence-electron chi connectivity index (χ1n) is 14.8. The number of benzene rings is 6. The number of fused-ring (bicyclic) bond motifs is 10. The van der Waals surface area contributed by atoms with Gasteiger partial charge in [0.25, 0.3) is 0 Å². The van der Waals surface area contributed by atoms with Gasteiger partial charge in [0.05, 0.1) is 16.8 Å². The number of rotatable bonds is 3. The van der Waals surface area contributed by atoms with Crippen LogP contribution in [-0.2, 0) is 5.41 Å². The highest BCUT2D eigenvalue weighted by molar-refractivity contribution is 5.95. The Hall–Kier alpha value is -5.60. The minimum Gasteiger partial charge on any atom is -0.150 e. The number of hydrogen-bond acceptors (Lipinski definition) is 2. The van der Waals surface area contributed by atoms with Gasteiger partial charge in [-0.3, -0.25) is 0 Å². The molecule has 0 fully saturated rings. The van der Waals surface area contributed by atoms with E-state index in [2.05, 4.69) is 144 Å². The molecule has 2 aliphatic carbocycles. The summed E-state index contributed by atoms with van der Waals surface area (Å²) in [6.45, 7) is 0. The van der Waals surface area contributed by atoms with E-state index in [9.17, 15) is 0 Å². The Morgan fingerprint density at radius 1 is 0.302 bits per heavy atom. The summed E-state index contributed by atoms with van der Waals surface area (Å²) in [6, 6.07) is 56.9. The number of hydrogen-bond donors (Lipinski definition) is 0. The molecular weight excluding hydrogens is 520 g/mol. The van der Waals surface area contributed by atoms with Crippen LogP contribution in [0.25, 0.3) is 55.9 Å². The summed E-state index contributed by atoms with van der Waals surface area (Å²) in [5.74, 6) is 0. The third-order valence-electron chi connectivity index (χ3n) is 9.25. The minimum atomic E-state index is -0.328. The van der Waals surface area contributed by atoms with E-state index >= 15 is 0 Å². The topological polar surface area (TPSA) is 25.8 Å². The lowest BCUT2D eigenvalue weighted by Crippen LogP contribution is -2.25. The molecule has 0 aliphatic heterocycles. The molecule has 2 aliphatic rings. The second-order valence-corrected chi connectivity index (χ2v) is 11.4. The smallest absolute Gasteiger partial charge is 0.0930 e. The lowest BCUT2D eigenvalue weighted by molar-refractivity contribution is 0.794. The molecule has 43 heavy (non-hydrogen) atoms. The van der Waals surface area contributed by atoms with Crippen molar-refractivity contribution in [2.75, 3.05) is 0 Å². The molecule has 0 N–H and O–H groups in total. The van der Waals surface area contributed by atoms with Crippen molar-refractivity contribution in [1.29, 1.82) is 0 Å². The van der Waals surface area contributed by atoms with Crippen LogP contribution in [0.1, 0.15) is 22.3 Å². The predicted octanol–water partition coefficient (Wildman–Crippen LogP) is 9.82. The lowest BCUT2D eigenvalue weighted by atomic mass is 9.70. The largest absolute Gasteiger partial charge is 0.150 e. The Morgan fingerprint density at radius 3 is 1.26 bits per heavy atom. The van der Waals surface area contributed by atoms with E-state index in [4.69, 9.17) is 0 Å². The van der Waals surface area contributed by atoms with Crippen LogP contribution in [0.4, 0.5) is 0 Å². The zero-order chi connectivity index (χ0) is 28.4. The molecular formula is C41H26N2. The Kier molecular flexibility index (Phi) is 5.15. The van der Waals surface area contributed by atoms with Crippen molar-refractivity contribution >= 4 is 0 Å². The van der Waals surface area contributed by atoms with Crippen LogP contribution in [0.2, 0.25) is 0 Å². The molecule has 0 amide bonds. The summed E-state index contributed by atoms with van der Waals surface area (Å²) in [5.41, 5.74) is 16.7. The molecule has 0 saturated heterocycles. The van der Waals surface area contributed by atoms with Gasteiger partial charge in [-0.15, -0.1) is 10.2 Å². The summed E-state index contributed by atoms with van der Waals surface area (Å²) in [7, 11) is 0. The van der Waals surface area contributed by atoms with Gasteiger partial charge in [-0.1, -0.05) is 140 Å². The molecule has 7 aromatic rings. The molecule has 1 heterocycles. The quantitative estimate of drug-likeness (QED) is 0.220. The summed E-state index contributed by atoms with van der Waals surface area (Å²) >= 11 is 0. The molecule has 1 aromatic heterocycles. The second kappa shape index (κ2) is 9.20. The van der Waals surface area contributed by atoms with Gasteiger partial charge in [0.1, 0.15) is 0 Å². The van der Waals surface area contributed by atoms with Crippen LogP contribution in [0, 0.1) is 0 Å². The fraction of sp³-hybridized carbons (Fsp3) is 0.0244. The van der Waals surface area contributed by atoms with E-state index in [0.717, 1.165) is 22.5 Å². The zero-order valence-corrected chi connectivity index (χ0v) is 23.4. The highest BCUT2D eigenvalue weighted by atomic mass is 15.1. The van der Waals surface area contributed by atoms with E-state index in [0.29, 0.717) is 0 Å². The maximum absolute atomic E-state index is 4.54. The predicted molar refractivity (Wildman–Crippen MR) is 175 cm³/mol. The molecule has 200 valence electrons. The van der Waals surface area contributed by atoms with Crippen LogP contribution < -0.4 is 0 Å². The van der Waals surface area contributed by atoms with E-state index in [1.54, 1.807) is 0 Å². The monoisotopic (exact) mass is 546 g/mol. The Bertz CT molecular complexity index is 2100. The number of nitrogens with zero attached hydrogens (tertiary/aromatic N) is 2. The number of aromatic nitrogens is 2. The van der Waals surface area contributed by atoms with Gasteiger partial charge in [-0.25, -0.2) is 0 Å². The highest BCUT2D eigenvalue weighted by Crippen LogP contribution is 2.62. The molecule has 1 spiro atoms. The van der Waals surface area contributed by atoms with E-state index in [-0.39, 0.29) is 5.41 Å². The Labute approximate surface area is 251 Å². The second-order valence-electron chi connectivity index (χ2n) is 11.4. The summed E-state index contributed by atoms with van der Waals surface area (Å²) in [4.78, 5) is 0. The molecule has 0 unspecified atom stereocenters. The fourth-order valence-electron chi connectivity index (χ4n) is 7.36. The van der Waals surface area contributed by atoms with Crippen LogP contribution >= 0.6 is 0 Å². The third-order valence-corrected chi connectivity index (χ3v) is 9.25. The molecule has 0 saturated carbocycles. The first-order valence-corrected chi connectivity index (χ1v) is 14.8. The van der Waals surface area contributed by atoms with Crippen LogP contribution in [0.5, 0.6) is 0 Å². The van der Waals surface area contributed by atoms with Crippen molar-refractivity contribution in [1.82, 2.24) is 10.2 Å². The Morgan fingerprint density at radius 2 is 0.721 bits per heavy atom. The van der Waals surface area contributed by atoms with Gasteiger partial charge in [0.15, 0.2) is 0 Å². The van der Waals surface area contributed by atoms with Crippen molar-refractivity contribution in [2.45, 2.75) is 5.41 Å². The SMILES string of the molecule is c1ccc(-c2ccc(-c3ccc(-c4ccc5c(c4)C4(c6ccccc6-c6ccccc64)c4ccccc4-5)cc3)nn2)cc1. The van der Waals surface area contributed by atoms with E-state index in [1.165, 1.54) is 55.6 Å². The van der Waals surface area contributed by atoms with Crippen LogP contribution in [0.3, 0.4) is 0 Å². The van der Waals surface area contributed by atoms with Gasteiger partial charge in [0.2, 0.25) is 0 Å². The van der Waals surface area contributed by atoms with Crippen molar-refractivity contribution < 1.29 is 0 Å². The van der Waals surface area contributed by atoms with Crippen molar-refractivity contribution in [3.8, 4) is 55.9 Å². The molecule has 9 rings (SSSR count). The van der Waals surface area contributed by atoms with Gasteiger partial charge in [-0.2, -0.15) is 0 Å². The minimum absolute atomic E-state index is 0.328.